The van der Waals surface area contributed by atoms with Crippen LogP contribution in [0.15, 0.2) is 22.5 Å². The fourth-order valence-electron chi connectivity index (χ4n) is 1.61. The normalized spacial score (nSPS) is 12.2. The molecule has 0 aliphatic heterocycles. The highest BCUT2D eigenvalue weighted by molar-refractivity contribution is 8.01. The summed E-state index contributed by atoms with van der Waals surface area (Å²) in [5.41, 5.74) is 6.82. The highest BCUT2D eigenvalue weighted by Gasteiger charge is 2.13. The van der Waals surface area contributed by atoms with Gasteiger partial charge in [0.2, 0.25) is 5.13 Å². The van der Waals surface area contributed by atoms with Crippen molar-refractivity contribution in [1.29, 1.82) is 0 Å². The van der Waals surface area contributed by atoms with Gasteiger partial charge < -0.3 is 15.4 Å². The lowest BCUT2D eigenvalue weighted by Gasteiger charge is -2.12. The van der Waals surface area contributed by atoms with Crippen molar-refractivity contribution in [2.24, 2.45) is 5.73 Å². The first-order valence-corrected chi connectivity index (χ1v) is 8.04. The standard InChI is InChI=1S/C13H17FN4OS2/c1-18(2)12-16-17-13(21-12)20-7-10(15)8-4-5-11(19-3)9(14)6-8/h4-6,10H,7,15H2,1-3H3. The molecule has 1 unspecified atom stereocenters. The van der Waals surface area contributed by atoms with Crippen molar-refractivity contribution in [3.8, 4) is 5.75 Å². The van der Waals surface area contributed by atoms with Crippen LogP contribution in [-0.4, -0.2) is 37.2 Å². The fourth-order valence-corrected chi connectivity index (χ4v) is 3.39. The van der Waals surface area contributed by atoms with Crippen molar-refractivity contribution in [2.75, 3.05) is 31.9 Å². The molecule has 1 atom stereocenters. The van der Waals surface area contributed by atoms with Crippen LogP contribution in [0.1, 0.15) is 11.6 Å². The van der Waals surface area contributed by atoms with Gasteiger partial charge in [0, 0.05) is 25.9 Å². The molecule has 21 heavy (non-hydrogen) atoms. The number of hydrogen-bond donors (Lipinski definition) is 1. The lowest BCUT2D eigenvalue weighted by molar-refractivity contribution is 0.386. The van der Waals surface area contributed by atoms with Crippen LogP contribution in [0.2, 0.25) is 0 Å². The van der Waals surface area contributed by atoms with E-state index in [2.05, 4.69) is 10.2 Å². The Kier molecular flexibility index (Phi) is 5.38. The predicted molar refractivity (Wildman–Crippen MR) is 84.8 cm³/mol. The van der Waals surface area contributed by atoms with Gasteiger partial charge in [-0.05, 0) is 17.7 Å². The summed E-state index contributed by atoms with van der Waals surface area (Å²) in [7, 11) is 5.27. The Hall–Kier alpha value is -1.38. The zero-order valence-electron chi connectivity index (χ0n) is 12.0. The van der Waals surface area contributed by atoms with Crippen molar-refractivity contribution in [1.82, 2.24) is 10.2 Å². The molecule has 1 aromatic carbocycles. The van der Waals surface area contributed by atoms with Crippen LogP contribution < -0.4 is 15.4 Å². The molecule has 1 heterocycles. The van der Waals surface area contributed by atoms with Gasteiger partial charge in [-0.15, -0.1) is 10.2 Å². The summed E-state index contributed by atoms with van der Waals surface area (Å²) < 4.78 is 19.4. The Labute approximate surface area is 131 Å². The molecule has 1 aromatic heterocycles. The Balaban J connectivity index is 1.97. The van der Waals surface area contributed by atoms with Crippen LogP contribution >= 0.6 is 23.1 Å². The third-order valence-electron chi connectivity index (χ3n) is 2.77. The lowest BCUT2D eigenvalue weighted by atomic mass is 10.1. The average molecular weight is 328 g/mol. The number of hydrogen-bond acceptors (Lipinski definition) is 7. The zero-order valence-corrected chi connectivity index (χ0v) is 13.7. The van der Waals surface area contributed by atoms with Crippen molar-refractivity contribution in [3.05, 3.63) is 29.6 Å². The van der Waals surface area contributed by atoms with E-state index in [-0.39, 0.29) is 11.8 Å². The summed E-state index contributed by atoms with van der Waals surface area (Å²) in [4.78, 5) is 1.90. The topological polar surface area (TPSA) is 64.3 Å². The molecule has 0 saturated heterocycles. The molecule has 0 aliphatic carbocycles. The third kappa shape index (κ3) is 4.05. The van der Waals surface area contributed by atoms with E-state index < -0.39 is 5.82 Å². The molecule has 0 radical (unpaired) electrons. The smallest absolute Gasteiger partial charge is 0.208 e. The Morgan fingerprint density at radius 3 is 2.76 bits per heavy atom. The summed E-state index contributed by atoms with van der Waals surface area (Å²) in [5, 5.41) is 9.00. The molecule has 5 nitrogen and oxygen atoms in total. The number of benzene rings is 1. The molecular weight excluding hydrogens is 311 g/mol. The number of thioether (sulfide) groups is 1. The maximum Gasteiger partial charge on any atom is 0.208 e. The van der Waals surface area contributed by atoms with E-state index in [1.165, 1.54) is 36.3 Å². The van der Waals surface area contributed by atoms with Crippen LogP contribution in [0, 0.1) is 5.82 Å². The largest absolute Gasteiger partial charge is 0.494 e. The highest BCUT2D eigenvalue weighted by Crippen LogP contribution is 2.30. The zero-order chi connectivity index (χ0) is 15.4. The molecule has 2 N–H and O–H groups in total. The van der Waals surface area contributed by atoms with E-state index in [0.29, 0.717) is 5.75 Å². The molecule has 0 amide bonds. The average Bonchev–Trinajstić information content (AvgIpc) is 2.93. The minimum absolute atomic E-state index is 0.221. The number of methoxy groups -OCH3 is 1. The van der Waals surface area contributed by atoms with Gasteiger partial charge in [0.15, 0.2) is 15.9 Å². The fraction of sp³-hybridized carbons (Fsp3) is 0.385. The van der Waals surface area contributed by atoms with Crippen LogP contribution in [0.4, 0.5) is 9.52 Å². The Morgan fingerprint density at radius 2 is 2.19 bits per heavy atom. The van der Waals surface area contributed by atoms with Crippen molar-refractivity contribution < 1.29 is 9.13 Å². The number of rotatable bonds is 6. The first-order chi connectivity index (χ1) is 10.0. The summed E-state index contributed by atoms with van der Waals surface area (Å²) in [5.74, 6) is 0.424. The minimum atomic E-state index is -0.402. The summed E-state index contributed by atoms with van der Waals surface area (Å²) in [6.07, 6.45) is 0. The summed E-state index contributed by atoms with van der Waals surface area (Å²) >= 11 is 3.02. The molecule has 114 valence electrons. The van der Waals surface area contributed by atoms with Crippen molar-refractivity contribution >= 4 is 28.2 Å². The van der Waals surface area contributed by atoms with Gasteiger partial charge in [0.1, 0.15) is 0 Å². The number of nitrogens with zero attached hydrogens (tertiary/aromatic N) is 3. The molecule has 8 heteroatoms. The molecular formula is C13H17FN4OS2. The van der Waals surface area contributed by atoms with Crippen LogP contribution in [0.5, 0.6) is 5.75 Å². The minimum Gasteiger partial charge on any atom is -0.494 e. The van der Waals surface area contributed by atoms with Gasteiger partial charge in [0.25, 0.3) is 0 Å². The SMILES string of the molecule is COc1ccc(C(N)CSc2nnc(N(C)C)s2)cc1F. The van der Waals surface area contributed by atoms with Gasteiger partial charge in [-0.1, -0.05) is 29.2 Å². The van der Waals surface area contributed by atoms with Gasteiger partial charge in [-0.25, -0.2) is 4.39 Å². The van der Waals surface area contributed by atoms with Crippen LogP contribution in [-0.2, 0) is 0 Å². The van der Waals surface area contributed by atoms with Crippen LogP contribution in [0.3, 0.4) is 0 Å². The molecule has 0 saturated carbocycles. The summed E-state index contributed by atoms with van der Waals surface area (Å²) in [6.45, 7) is 0. The van der Waals surface area contributed by atoms with Crippen molar-refractivity contribution in [3.63, 3.8) is 0 Å². The second-order valence-corrected chi connectivity index (χ2v) is 6.78. The molecule has 0 fully saturated rings. The number of halogens is 1. The van der Waals surface area contributed by atoms with E-state index in [9.17, 15) is 4.39 Å². The third-order valence-corrected chi connectivity index (χ3v) is 5.11. The second kappa shape index (κ2) is 7.06. The van der Waals surface area contributed by atoms with E-state index in [1.807, 2.05) is 19.0 Å². The van der Waals surface area contributed by atoms with Gasteiger partial charge in [0.05, 0.1) is 7.11 Å². The highest BCUT2D eigenvalue weighted by atomic mass is 32.2. The number of nitrogens with two attached hydrogens (primary N) is 1. The molecule has 2 aromatic rings. The van der Waals surface area contributed by atoms with Gasteiger partial charge in [-0.2, -0.15) is 0 Å². The quantitative estimate of drug-likeness (QED) is 0.822. The monoisotopic (exact) mass is 328 g/mol. The van der Waals surface area contributed by atoms with Crippen molar-refractivity contribution in [2.45, 2.75) is 10.4 Å². The lowest BCUT2D eigenvalue weighted by Crippen LogP contribution is -2.13. The summed E-state index contributed by atoms with van der Waals surface area (Å²) in [6, 6.07) is 4.50. The van der Waals surface area contributed by atoms with E-state index >= 15 is 0 Å². The van der Waals surface area contributed by atoms with E-state index in [4.69, 9.17) is 10.5 Å². The first kappa shape index (κ1) is 16.0. The second-order valence-electron chi connectivity index (χ2n) is 4.56. The molecule has 0 aliphatic rings. The Bertz CT molecular complexity index is 606. The Morgan fingerprint density at radius 1 is 1.43 bits per heavy atom. The van der Waals surface area contributed by atoms with Gasteiger partial charge in [-0.3, -0.25) is 0 Å². The predicted octanol–water partition coefficient (Wildman–Crippen LogP) is 2.54. The first-order valence-electron chi connectivity index (χ1n) is 6.24. The molecule has 2 rings (SSSR count). The maximum absolute atomic E-state index is 13.7. The van der Waals surface area contributed by atoms with Crippen LogP contribution in [0.25, 0.3) is 0 Å². The number of ether oxygens (including phenoxy) is 1. The number of anilines is 1. The molecule has 0 bridgehead atoms. The molecule has 0 spiro atoms. The maximum atomic E-state index is 13.7. The van der Waals surface area contributed by atoms with Gasteiger partial charge >= 0.3 is 0 Å². The van der Waals surface area contributed by atoms with E-state index in [1.54, 1.807) is 12.1 Å². The number of aromatic nitrogens is 2. The van der Waals surface area contributed by atoms with E-state index in [0.717, 1.165) is 15.0 Å².